The van der Waals surface area contributed by atoms with Crippen molar-refractivity contribution in [1.82, 2.24) is 15.2 Å². The first-order valence-electron chi connectivity index (χ1n) is 10.6. The summed E-state index contributed by atoms with van der Waals surface area (Å²) in [5.41, 5.74) is 2.63. The first kappa shape index (κ1) is 20.3. The maximum absolute atomic E-state index is 13.7. The number of benzene rings is 2. The summed E-state index contributed by atoms with van der Waals surface area (Å²) in [5.74, 6) is -0.535. The lowest BCUT2D eigenvalue weighted by molar-refractivity contribution is -0.125. The molecule has 1 atom stereocenters. The number of H-pyrrole nitrogens is 1. The number of methoxy groups -OCH3 is 1. The van der Waals surface area contributed by atoms with Crippen molar-refractivity contribution >= 4 is 34.4 Å². The van der Waals surface area contributed by atoms with Crippen molar-refractivity contribution in [3.8, 4) is 0 Å². The van der Waals surface area contributed by atoms with E-state index >= 15 is 0 Å². The molecule has 2 aromatic carbocycles. The number of aromatic nitrogens is 1. The average molecular weight is 432 g/mol. The molecule has 4 amide bonds. The number of nitrogens with one attached hydrogen (secondary N) is 2. The van der Waals surface area contributed by atoms with Gasteiger partial charge in [0.15, 0.2) is 5.54 Å². The molecule has 8 nitrogen and oxygen atoms in total. The highest BCUT2D eigenvalue weighted by Gasteiger charge is 2.58. The summed E-state index contributed by atoms with van der Waals surface area (Å²) in [5, 5.41) is 3.84. The first-order chi connectivity index (χ1) is 15.5. The van der Waals surface area contributed by atoms with Gasteiger partial charge < -0.3 is 19.9 Å². The van der Waals surface area contributed by atoms with Gasteiger partial charge >= 0.3 is 6.03 Å². The molecule has 0 unspecified atom stereocenters. The van der Waals surface area contributed by atoms with Gasteiger partial charge in [0, 0.05) is 36.7 Å². The Morgan fingerprint density at radius 1 is 1.16 bits per heavy atom. The van der Waals surface area contributed by atoms with Crippen LogP contribution in [0.1, 0.15) is 28.5 Å². The third-order valence-corrected chi connectivity index (χ3v) is 6.45. The maximum atomic E-state index is 13.7. The summed E-state index contributed by atoms with van der Waals surface area (Å²) in [6.45, 7) is 3.09. The molecule has 0 saturated carbocycles. The number of carbonyl (C=O) groups excluding carboxylic acids is 3. The van der Waals surface area contributed by atoms with Gasteiger partial charge in [0.25, 0.3) is 11.8 Å². The average Bonchev–Trinajstić information content (AvgIpc) is 3.28. The zero-order chi connectivity index (χ0) is 22.5. The van der Waals surface area contributed by atoms with Crippen LogP contribution in [0.15, 0.2) is 48.5 Å². The maximum Gasteiger partial charge on any atom is 0.332 e. The van der Waals surface area contributed by atoms with Crippen molar-refractivity contribution in [3.05, 3.63) is 65.4 Å². The topological polar surface area (TPSA) is 94.7 Å². The van der Waals surface area contributed by atoms with Crippen molar-refractivity contribution < 1.29 is 19.1 Å². The van der Waals surface area contributed by atoms with Gasteiger partial charge in [-0.25, -0.2) is 9.69 Å². The second-order valence-electron chi connectivity index (χ2n) is 8.22. The Balaban J connectivity index is 1.47. The van der Waals surface area contributed by atoms with Gasteiger partial charge in [0.05, 0.1) is 18.0 Å². The van der Waals surface area contributed by atoms with Crippen LogP contribution in [0.4, 0.5) is 10.5 Å². The van der Waals surface area contributed by atoms with Gasteiger partial charge in [0.1, 0.15) is 0 Å². The minimum atomic E-state index is -1.10. The van der Waals surface area contributed by atoms with Gasteiger partial charge in [-0.3, -0.25) is 9.59 Å². The van der Waals surface area contributed by atoms with E-state index in [1.807, 2.05) is 24.3 Å². The predicted octanol–water partition coefficient (Wildman–Crippen LogP) is 2.78. The molecule has 32 heavy (non-hydrogen) atoms. The van der Waals surface area contributed by atoms with E-state index in [0.717, 1.165) is 22.2 Å². The molecular formula is C24H24N4O4. The summed E-state index contributed by atoms with van der Waals surface area (Å²) in [6.07, 6.45) is 0.683. The Kier molecular flexibility index (Phi) is 4.74. The molecule has 1 fully saturated rings. The van der Waals surface area contributed by atoms with E-state index in [1.54, 1.807) is 43.2 Å². The summed E-state index contributed by atoms with van der Waals surface area (Å²) < 4.78 is 4.93. The number of urea groups is 1. The van der Waals surface area contributed by atoms with E-state index < -0.39 is 5.54 Å². The Morgan fingerprint density at radius 2 is 1.91 bits per heavy atom. The van der Waals surface area contributed by atoms with E-state index in [9.17, 15) is 14.4 Å². The SMILES string of the molecule is COCCNC(=O)c1ccc(N2C(=O)N3CCc4c([nH]c5ccccc45)[C@@]3(C)C2=O)cc1. The van der Waals surface area contributed by atoms with E-state index in [4.69, 9.17) is 4.74 Å². The fourth-order valence-electron chi connectivity index (χ4n) is 4.75. The van der Waals surface area contributed by atoms with Crippen molar-refractivity contribution in [2.45, 2.75) is 18.9 Å². The van der Waals surface area contributed by atoms with Crippen LogP contribution in [0.3, 0.4) is 0 Å². The Bertz CT molecular complexity index is 1230. The van der Waals surface area contributed by atoms with Gasteiger partial charge in [-0.1, -0.05) is 18.2 Å². The van der Waals surface area contributed by atoms with Gasteiger partial charge in [-0.15, -0.1) is 0 Å². The molecule has 0 spiro atoms. The van der Waals surface area contributed by atoms with Crippen LogP contribution in [0, 0.1) is 0 Å². The summed E-state index contributed by atoms with van der Waals surface area (Å²) >= 11 is 0. The highest BCUT2D eigenvalue weighted by molar-refractivity contribution is 6.23. The zero-order valence-corrected chi connectivity index (χ0v) is 18.0. The van der Waals surface area contributed by atoms with Crippen molar-refractivity contribution in [3.63, 3.8) is 0 Å². The van der Waals surface area contributed by atoms with E-state index in [-0.39, 0.29) is 17.8 Å². The van der Waals surface area contributed by atoms with Crippen LogP contribution in [-0.4, -0.2) is 54.5 Å². The van der Waals surface area contributed by atoms with Crippen LogP contribution in [0.25, 0.3) is 10.9 Å². The van der Waals surface area contributed by atoms with Crippen LogP contribution in [0.2, 0.25) is 0 Å². The summed E-state index contributed by atoms with van der Waals surface area (Å²) in [6, 6.07) is 14.1. The van der Waals surface area contributed by atoms with Crippen LogP contribution >= 0.6 is 0 Å². The Morgan fingerprint density at radius 3 is 2.66 bits per heavy atom. The molecular weight excluding hydrogens is 408 g/mol. The van der Waals surface area contributed by atoms with Crippen LogP contribution < -0.4 is 10.2 Å². The number of anilines is 1. The number of ether oxygens (including phenoxy) is 1. The summed E-state index contributed by atoms with van der Waals surface area (Å²) in [7, 11) is 1.57. The monoisotopic (exact) mass is 432 g/mol. The first-order valence-corrected chi connectivity index (χ1v) is 10.6. The highest BCUT2D eigenvalue weighted by Crippen LogP contribution is 2.45. The molecule has 0 bridgehead atoms. The molecule has 8 heteroatoms. The number of fused-ring (bicyclic) bond motifs is 5. The molecule has 0 aliphatic carbocycles. The molecule has 3 aromatic rings. The predicted molar refractivity (Wildman–Crippen MR) is 120 cm³/mol. The lowest BCUT2D eigenvalue weighted by atomic mass is 9.87. The second-order valence-corrected chi connectivity index (χ2v) is 8.22. The number of carbonyl (C=O) groups is 3. The smallest absolute Gasteiger partial charge is 0.332 e. The van der Waals surface area contributed by atoms with E-state index in [1.165, 1.54) is 4.90 Å². The molecule has 3 heterocycles. The third kappa shape index (κ3) is 2.83. The van der Waals surface area contributed by atoms with Crippen LogP contribution in [-0.2, 0) is 21.5 Å². The van der Waals surface area contributed by atoms with Crippen molar-refractivity contribution in [2.24, 2.45) is 0 Å². The Hall–Kier alpha value is -3.65. The minimum Gasteiger partial charge on any atom is -0.383 e. The van der Waals surface area contributed by atoms with Gasteiger partial charge in [-0.2, -0.15) is 0 Å². The molecule has 2 aliphatic rings. The normalized spacial score (nSPS) is 19.9. The second kappa shape index (κ2) is 7.49. The zero-order valence-electron chi connectivity index (χ0n) is 18.0. The van der Waals surface area contributed by atoms with Crippen LogP contribution in [0.5, 0.6) is 0 Å². The fourth-order valence-corrected chi connectivity index (χ4v) is 4.75. The van der Waals surface area contributed by atoms with E-state index in [0.29, 0.717) is 37.4 Å². The largest absolute Gasteiger partial charge is 0.383 e. The number of hydrogen-bond acceptors (Lipinski definition) is 4. The molecule has 5 rings (SSSR count). The van der Waals surface area contributed by atoms with Gasteiger partial charge in [0.2, 0.25) is 0 Å². The highest BCUT2D eigenvalue weighted by atomic mass is 16.5. The van der Waals surface area contributed by atoms with E-state index in [2.05, 4.69) is 10.3 Å². The van der Waals surface area contributed by atoms with Crippen molar-refractivity contribution in [1.29, 1.82) is 0 Å². The lowest BCUT2D eigenvalue weighted by Gasteiger charge is -2.35. The molecule has 1 saturated heterocycles. The van der Waals surface area contributed by atoms with Crippen molar-refractivity contribution in [2.75, 3.05) is 31.7 Å². The lowest BCUT2D eigenvalue weighted by Crippen LogP contribution is -2.49. The molecule has 164 valence electrons. The van der Waals surface area contributed by atoms with Gasteiger partial charge in [-0.05, 0) is 49.2 Å². The number of aromatic amines is 1. The Labute approximate surface area is 185 Å². The summed E-state index contributed by atoms with van der Waals surface area (Å²) in [4.78, 5) is 45.4. The fraction of sp³-hybridized carbons (Fsp3) is 0.292. The number of nitrogens with zero attached hydrogens (tertiary/aromatic N) is 2. The standard InChI is InChI=1S/C24H24N4O4/c1-24-20-18(17-5-3-4-6-19(17)26-20)11-13-27(24)23(31)28(22(24)30)16-9-7-15(8-10-16)21(29)25-12-14-32-2/h3-10,26H,11-14H2,1-2H3,(H,25,29)/t24-/m0/s1. The molecule has 0 radical (unpaired) electrons. The number of rotatable bonds is 5. The number of imide groups is 1. The molecule has 1 aromatic heterocycles. The number of amides is 4. The quantitative estimate of drug-likeness (QED) is 0.479. The number of hydrogen-bond donors (Lipinski definition) is 2. The molecule has 2 N–H and O–H groups in total. The third-order valence-electron chi connectivity index (χ3n) is 6.45. The number of para-hydroxylation sites is 1. The molecule has 2 aliphatic heterocycles. The minimum absolute atomic E-state index is 0.236.